The van der Waals surface area contributed by atoms with Crippen LogP contribution in [0, 0.1) is 0 Å². The number of para-hydroxylation sites is 1. The summed E-state index contributed by atoms with van der Waals surface area (Å²) in [5.41, 5.74) is 6.64. The van der Waals surface area contributed by atoms with Gasteiger partial charge in [0.2, 0.25) is 0 Å². The van der Waals surface area contributed by atoms with Crippen LogP contribution in [-0.2, 0) is 0 Å². The second-order valence-corrected chi connectivity index (χ2v) is 7.49. The molecule has 0 aliphatic heterocycles. The first-order chi connectivity index (χ1) is 14.7. The molecule has 0 aliphatic rings. The quantitative estimate of drug-likeness (QED) is 0.294. The van der Waals surface area contributed by atoms with Crippen molar-refractivity contribution < 1.29 is 4.79 Å². The number of nitrogens with zero attached hydrogens (tertiary/aromatic N) is 2. The molecule has 4 rings (SSSR count). The number of carbonyl (C=O) groups excluding carboxylic acids is 1. The Morgan fingerprint density at radius 2 is 1.57 bits per heavy atom. The summed E-state index contributed by atoms with van der Waals surface area (Å²) < 4.78 is 0.749. The fraction of sp³-hybridized carbons (Fsp3) is 0. The number of amides is 1. The predicted octanol–water partition coefficient (Wildman–Crippen LogP) is 6.05. The molecule has 1 heterocycles. The molecule has 0 unspecified atom stereocenters. The first kappa shape index (κ1) is 19.7. The summed E-state index contributed by atoms with van der Waals surface area (Å²) in [6.45, 7) is 0. The fourth-order valence-corrected chi connectivity index (χ4v) is 3.45. The van der Waals surface area contributed by atoms with Crippen LogP contribution in [0.25, 0.3) is 28.2 Å². The maximum absolute atomic E-state index is 12.9. The summed E-state index contributed by atoms with van der Waals surface area (Å²) in [7, 11) is 0. The van der Waals surface area contributed by atoms with Gasteiger partial charge in [-0.3, -0.25) is 4.79 Å². The van der Waals surface area contributed by atoms with E-state index < -0.39 is 0 Å². The van der Waals surface area contributed by atoms with E-state index in [2.05, 4.69) is 26.5 Å². The van der Waals surface area contributed by atoms with E-state index in [4.69, 9.17) is 4.98 Å². The molecule has 0 saturated carbocycles. The Morgan fingerprint density at radius 1 is 0.900 bits per heavy atom. The van der Waals surface area contributed by atoms with Gasteiger partial charge < -0.3 is 0 Å². The first-order valence-corrected chi connectivity index (χ1v) is 10.2. The van der Waals surface area contributed by atoms with E-state index in [1.165, 1.54) is 0 Å². The molecule has 3 aromatic carbocycles. The fourth-order valence-electron chi connectivity index (χ4n) is 3.08. The third kappa shape index (κ3) is 4.70. The van der Waals surface area contributed by atoms with Crippen molar-refractivity contribution in [3.63, 3.8) is 0 Å². The van der Waals surface area contributed by atoms with Crippen LogP contribution in [-0.4, -0.2) is 17.1 Å². The topological polar surface area (TPSA) is 54.4 Å². The van der Waals surface area contributed by atoms with E-state index in [1.54, 1.807) is 12.3 Å². The van der Waals surface area contributed by atoms with Crippen LogP contribution in [0.4, 0.5) is 0 Å². The Balaban J connectivity index is 1.60. The van der Waals surface area contributed by atoms with Crippen LogP contribution in [0.5, 0.6) is 0 Å². The lowest BCUT2D eigenvalue weighted by molar-refractivity contribution is 0.0957. The predicted molar refractivity (Wildman–Crippen MR) is 126 cm³/mol. The lowest BCUT2D eigenvalue weighted by Crippen LogP contribution is -2.18. The average molecular weight is 456 g/mol. The van der Waals surface area contributed by atoms with Gasteiger partial charge in [0.05, 0.1) is 23.0 Å². The smallest absolute Gasteiger partial charge is 0.267 e. The largest absolute Gasteiger partial charge is 0.272 e. The van der Waals surface area contributed by atoms with Gasteiger partial charge in [-0.25, -0.2) is 10.4 Å². The number of allylic oxidation sites excluding steroid dienone is 1. The molecule has 30 heavy (non-hydrogen) atoms. The van der Waals surface area contributed by atoms with Crippen molar-refractivity contribution in [2.24, 2.45) is 5.10 Å². The third-order valence-electron chi connectivity index (χ3n) is 4.49. The zero-order valence-corrected chi connectivity index (χ0v) is 17.6. The summed E-state index contributed by atoms with van der Waals surface area (Å²) in [6, 6.07) is 29.1. The number of hydrogen-bond donors (Lipinski definition) is 1. The second-order valence-electron chi connectivity index (χ2n) is 6.58. The molecule has 0 fully saturated rings. The second kappa shape index (κ2) is 9.29. The molecule has 4 aromatic rings. The normalized spacial score (nSPS) is 11.7. The number of rotatable bonds is 5. The molecule has 1 N–H and O–H groups in total. The van der Waals surface area contributed by atoms with E-state index >= 15 is 0 Å². The molecular formula is C25H18BrN3O. The zero-order valence-electron chi connectivity index (χ0n) is 16.0. The third-order valence-corrected chi connectivity index (χ3v) is 4.92. The maximum Gasteiger partial charge on any atom is 0.272 e. The molecule has 5 heteroatoms. The highest BCUT2D eigenvalue weighted by atomic mass is 79.9. The molecule has 1 amide bonds. The monoisotopic (exact) mass is 455 g/mol. The van der Waals surface area contributed by atoms with Crippen molar-refractivity contribution in [3.05, 3.63) is 107 Å². The maximum atomic E-state index is 12.9. The van der Waals surface area contributed by atoms with Crippen molar-refractivity contribution in [1.29, 1.82) is 0 Å². The van der Waals surface area contributed by atoms with Crippen molar-refractivity contribution >= 4 is 45.0 Å². The Bertz CT molecular complexity index is 1240. The molecule has 1 aromatic heterocycles. The number of halogens is 1. The van der Waals surface area contributed by atoms with Gasteiger partial charge >= 0.3 is 0 Å². The minimum atomic E-state index is -0.290. The van der Waals surface area contributed by atoms with Crippen molar-refractivity contribution in [2.75, 3.05) is 0 Å². The number of aromatic nitrogens is 1. The minimum Gasteiger partial charge on any atom is -0.267 e. The summed E-state index contributed by atoms with van der Waals surface area (Å²) in [6.07, 6.45) is 3.48. The number of fused-ring (bicyclic) bond motifs is 1. The Hall–Kier alpha value is -3.57. The molecule has 0 atom stereocenters. The SMILES string of the molecule is O=C(N/N=C/C(Br)=C/c1ccccc1)c1cc(-c2ccccc2)nc2ccccc12. The van der Waals surface area contributed by atoms with Crippen molar-refractivity contribution in [1.82, 2.24) is 10.4 Å². The van der Waals surface area contributed by atoms with Crippen LogP contribution in [0.2, 0.25) is 0 Å². The Labute approximate surface area is 183 Å². The molecule has 0 aliphatic carbocycles. The van der Waals surface area contributed by atoms with Gasteiger partial charge in [0, 0.05) is 15.4 Å². The van der Waals surface area contributed by atoms with E-state index in [0.29, 0.717) is 5.56 Å². The highest BCUT2D eigenvalue weighted by Gasteiger charge is 2.13. The Kier molecular flexibility index (Phi) is 6.11. The molecular weight excluding hydrogens is 438 g/mol. The van der Waals surface area contributed by atoms with E-state index in [-0.39, 0.29) is 5.91 Å². The molecule has 0 spiro atoms. The van der Waals surface area contributed by atoms with E-state index in [1.807, 2.05) is 91.0 Å². The van der Waals surface area contributed by atoms with Gasteiger partial charge in [-0.1, -0.05) is 78.9 Å². The van der Waals surface area contributed by atoms with Crippen LogP contribution < -0.4 is 5.43 Å². The van der Waals surface area contributed by atoms with E-state index in [0.717, 1.165) is 32.2 Å². The number of carbonyl (C=O) groups is 1. The van der Waals surface area contributed by atoms with Crippen LogP contribution >= 0.6 is 15.9 Å². The summed E-state index contributed by atoms with van der Waals surface area (Å²) in [5, 5.41) is 4.87. The number of hydrazone groups is 1. The number of pyridine rings is 1. The summed E-state index contributed by atoms with van der Waals surface area (Å²) in [4.78, 5) is 17.6. The average Bonchev–Trinajstić information content (AvgIpc) is 2.79. The lowest BCUT2D eigenvalue weighted by atomic mass is 10.0. The van der Waals surface area contributed by atoms with Gasteiger partial charge in [0.15, 0.2) is 0 Å². The summed E-state index contributed by atoms with van der Waals surface area (Å²) >= 11 is 3.45. The number of nitrogens with one attached hydrogen (secondary N) is 1. The van der Waals surface area contributed by atoms with E-state index in [9.17, 15) is 4.79 Å². The van der Waals surface area contributed by atoms with Gasteiger partial charge in [-0.15, -0.1) is 0 Å². The van der Waals surface area contributed by atoms with Crippen molar-refractivity contribution in [3.8, 4) is 11.3 Å². The Morgan fingerprint density at radius 3 is 2.33 bits per heavy atom. The zero-order chi connectivity index (χ0) is 20.8. The molecule has 0 radical (unpaired) electrons. The first-order valence-electron chi connectivity index (χ1n) is 9.41. The number of benzene rings is 3. The van der Waals surface area contributed by atoms with Crippen molar-refractivity contribution in [2.45, 2.75) is 0 Å². The minimum absolute atomic E-state index is 0.290. The van der Waals surface area contributed by atoms with Crippen LogP contribution in [0.1, 0.15) is 15.9 Å². The lowest BCUT2D eigenvalue weighted by Gasteiger charge is -2.09. The van der Waals surface area contributed by atoms with Crippen LogP contribution in [0.15, 0.2) is 101 Å². The summed E-state index contributed by atoms with van der Waals surface area (Å²) in [5.74, 6) is -0.290. The van der Waals surface area contributed by atoms with Gasteiger partial charge in [-0.2, -0.15) is 5.10 Å². The molecule has 0 bridgehead atoms. The number of hydrogen-bond acceptors (Lipinski definition) is 3. The van der Waals surface area contributed by atoms with Crippen LogP contribution in [0.3, 0.4) is 0 Å². The highest BCUT2D eigenvalue weighted by Crippen LogP contribution is 2.24. The van der Waals surface area contributed by atoms with Gasteiger partial charge in [0.25, 0.3) is 5.91 Å². The highest BCUT2D eigenvalue weighted by molar-refractivity contribution is 9.12. The molecule has 0 saturated heterocycles. The molecule has 146 valence electrons. The standard InChI is InChI=1S/C25H18BrN3O/c26-20(15-18-9-3-1-4-10-18)17-27-29-25(30)22-16-24(19-11-5-2-6-12-19)28-23-14-8-7-13-21(22)23/h1-17H,(H,29,30)/b20-15-,27-17+. The molecule has 4 nitrogen and oxygen atoms in total. The van der Waals surface area contributed by atoms with Gasteiger partial charge in [0.1, 0.15) is 0 Å². The van der Waals surface area contributed by atoms with Gasteiger partial charge in [-0.05, 0) is 39.7 Å².